The molecule has 7 heteroatoms. The number of hydrogen-bond donors (Lipinski definition) is 1. The van der Waals surface area contributed by atoms with Crippen molar-refractivity contribution >= 4 is 11.6 Å². The van der Waals surface area contributed by atoms with E-state index in [4.69, 9.17) is 5.73 Å². The quantitative estimate of drug-likeness (QED) is 0.601. The molecule has 16 heavy (non-hydrogen) atoms. The molecular formula is C9H9N5O2. The predicted octanol–water partition coefficient (Wildman–Crippen LogP) is 1.07. The second-order valence-corrected chi connectivity index (χ2v) is 3.20. The number of nitro groups is 1. The molecule has 1 aromatic carbocycles. The number of benzene rings is 1. The summed E-state index contributed by atoms with van der Waals surface area (Å²) in [6.07, 6.45) is 0. The number of non-ortho nitro benzene ring substituents is 1. The summed E-state index contributed by atoms with van der Waals surface area (Å²) in [6.45, 7) is 1.72. The van der Waals surface area contributed by atoms with Crippen LogP contribution in [-0.2, 0) is 0 Å². The Morgan fingerprint density at radius 2 is 2.00 bits per heavy atom. The molecule has 1 aromatic heterocycles. The highest BCUT2D eigenvalue weighted by molar-refractivity contribution is 5.43. The van der Waals surface area contributed by atoms with Crippen LogP contribution in [0.3, 0.4) is 0 Å². The average molecular weight is 219 g/mol. The zero-order valence-corrected chi connectivity index (χ0v) is 8.49. The number of nitrogens with two attached hydrogens (primary N) is 1. The van der Waals surface area contributed by atoms with Gasteiger partial charge in [-0.2, -0.15) is 9.67 Å². The minimum atomic E-state index is -0.459. The minimum absolute atomic E-state index is 0.0270. The largest absolute Gasteiger partial charge is 0.368 e. The molecule has 0 saturated carbocycles. The van der Waals surface area contributed by atoms with Gasteiger partial charge in [-0.15, -0.1) is 5.10 Å². The molecule has 0 fully saturated rings. The second kappa shape index (κ2) is 3.61. The number of nitrogens with zero attached hydrogens (tertiary/aromatic N) is 4. The monoisotopic (exact) mass is 219 g/mol. The summed E-state index contributed by atoms with van der Waals surface area (Å²) in [5.74, 6) is 0.808. The number of aromatic nitrogens is 3. The number of rotatable bonds is 2. The van der Waals surface area contributed by atoms with Gasteiger partial charge in [-0.1, -0.05) is 0 Å². The second-order valence-electron chi connectivity index (χ2n) is 3.20. The Morgan fingerprint density at radius 3 is 2.44 bits per heavy atom. The van der Waals surface area contributed by atoms with Crippen LogP contribution in [0.1, 0.15) is 5.82 Å². The third-order valence-electron chi connectivity index (χ3n) is 2.04. The maximum atomic E-state index is 10.5. The van der Waals surface area contributed by atoms with Crippen LogP contribution in [-0.4, -0.2) is 19.7 Å². The summed E-state index contributed by atoms with van der Waals surface area (Å²) in [7, 11) is 0. The lowest BCUT2D eigenvalue weighted by Crippen LogP contribution is -2.02. The Balaban J connectivity index is 2.42. The van der Waals surface area contributed by atoms with Crippen molar-refractivity contribution in [2.45, 2.75) is 6.92 Å². The van der Waals surface area contributed by atoms with Gasteiger partial charge >= 0.3 is 0 Å². The highest BCUT2D eigenvalue weighted by Gasteiger charge is 2.08. The summed E-state index contributed by atoms with van der Waals surface area (Å²) in [4.78, 5) is 13.9. The van der Waals surface area contributed by atoms with E-state index in [1.807, 2.05) is 0 Å². The summed E-state index contributed by atoms with van der Waals surface area (Å²) < 4.78 is 1.43. The highest BCUT2D eigenvalue weighted by atomic mass is 16.6. The molecule has 7 nitrogen and oxygen atoms in total. The van der Waals surface area contributed by atoms with Gasteiger partial charge in [0.25, 0.3) is 5.69 Å². The van der Waals surface area contributed by atoms with Crippen molar-refractivity contribution in [3.8, 4) is 5.69 Å². The third-order valence-corrected chi connectivity index (χ3v) is 2.04. The van der Waals surface area contributed by atoms with E-state index in [9.17, 15) is 10.1 Å². The fraction of sp³-hybridized carbons (Fsp3) is 0.111. The van der Waals surface area contributed by atoms with E-state index >= 15 is 0 Å². The van der Waals surface area contributed by atoms with Gasteiger partial charge in [0.1, 0.15) is 5.82 Å². The van der Waals surface area contributed by atoms with Gasteiger partial charge in [0.05, 0.1) is 10.6 Å². The van der Waals surface area contributed by atoms with Crippen molar-refractivity contribution < 1.29 is 4.92 Å². The topological polar surface area (TPSA) is 99.9 Å². The van der Waals surface area contributed by atoms with Gasteiger partial charge < -0.3 is 5.73 Å². The summed E-state index contributed by atoms with van der Waals surface area (Å²) in [6, 6.07) is 5.93. The number of aryl methyl sites for hydroxylation is 1. The van der Waals surface area contributed by atoms with E-state index in [-0.39, 0.29) is 11.6 Å². The molecule has 0 saturated heterocycles. The Labute approximate surface area is 90.7 Å². The fourth-order valence-corrected chi connectivity index (χ4v) is 1.34. The lowest BCUT2D eigenvalue weighted by Gasteiger charge is -2.01. The molecule has 0 atom stereocenters. The van der Waals surface area contributed by atoms with Crippen molar-refractivity contribution in [1.82, 2.24) is 14.8 Å². The molecule has 2 N–H and O–H groups in total. The lowest BCUT2D eigenvalue weighted by molar-refractivity contribution is -0.384. The normalized spacial score (nSPS) is 10.3. The molecular weight excluding hydrogens is 210 g/mol. The Kier molecular flexibility index (Phi) is 2.28. The van der Waals surface area contributed by atoms with Crippen LogP contribution >= 0.6 is 0 Å². The first kappa shape index (κ1) is 10.1. The van der Waals surface area contributed by atoms with Gasteiger partial charge in [-0.3, -0.25) is 10.1 Å². The highest BCUT2D eigenvalue weighted by Crippen LogP contribution is 2.16. The first-order valence-electron chi connectivity index (χ1n) is 4.52. The predicted molar refractivity (Wildman–Crippen MR) is 57.2 cm³/mol. The van der Waals surface area contributed by atoms with Crippen molar-refractivity contribution in [2.75, 3.05) is 5.73 Å². The fourth-order valence-electron chi connectivity index (χ4n) is 1.34. The van der Waals surface area contributed by atoms with E-state index in [1.54, 1.807) is 19.1 Å². The zero-order chi connectivity index (χ0) is 11.7. The van der Waals surface area contributed by atoms with E-state index in [0.29, 0.717) is 11.5 Å². The molecule has 0 amide bonds. The molecule has 0 aliphatic rings. The van der Waals surface area contributed by atoms with E-state index in [1.165, 1.54) is 16.8 Å². The smallest absolute Gasteiger partial charge is 0.269 e. The van der Waals surface area contributed by atoms with Gasteiger partial charge in [-0.25, -0.2) is 0 Å². The Morgan fingerprint density at radius 1 is 1.38 bits per heavy atom. The third kappa shape index (κ3) is 1.70. The summed E-state index contributed by atoms with van der Waals surface area (Å²) >= 11 is 0. The SMILES string of the molecule is Cc1nc(N)n(-c2ccc([N+](=O)[O-])cc2)n1. The zero-order valence-electron chi connectivity index (χ0n) is 8.49. The van der Waals surface area contributed by atoms with Crippen molar-refractivity contribution in [3.63, 3.8) is 0 Å². The lowest BCUT2D eigenvalue weighted by atomic mass is 10.3. The molecule has 0 radical (unpaired) electrons. The first-order chi connectivity index (χ1) is 7.58. The van der Waals surface area contributed by atoms with Gasteiger partial charge in [0.2, 0.25) is 5.95 Å². The summed E-state index contributed by atoms with van der Waals surface area (Å²) in [5.41, 5.74) is 6.30. The van der Waals surface area contributed by atoms with Crippen LogP contribution in [0.25, 0.3) is 5.69 Å². The maximum absolute atomic E-state index is 10.5. The number of nitro benzene ring substituents is 1. The van der Waals surface area contributed by atoms with E-state index < -0.39 is 4.92 Å². The van der Waals surface area contributed by atoms with Crippen LogP contribution in [0, 0.1) is 17.0 Å². The molecule has 82 valence electrons. The molecule has 1 heterocycles. The van der Waals surface area contributed by atoms with Gasteiger partial charge in [0, 0.05) is 12.1 Å². The van der Waals surface area contributed by atoms with Crippen molar-refractivity contribution in [2.24, 2.45) is 0 Å². The number of anilines is 1. The van der Waals surface area contributed by atoms with Crippen molar-refractivity contribution in [3.05, 3.63) is 40.2 Å². The molecule has 0 spiro atoms. The molecule has 0 bridgehead atoms. The van der Waals surface area contributed by atoms with Crippen LogP contribution < -0.4 is 5.73 Å². The van der Waals surface area contributed by atoms with Gasteiger partial charge in [0.15, 0.2) is 0 Å². The van der Waals surface area contributed by atoms with Crippen LogP contribution in [0.15, 0.2) is 24.3 Å². The molecule has 0 aliphatic heterocycles. The van der Waals surface area contributed by atoms with Gasteiger partial charge in [-0.05, 0) is 19.1 Å². The first-order valence-corrected chi connectivity index (χ1v) is 4.52. The number of nitrogen functional groups attached to an aromatic ring is 1. The van der Waals surface area contributed by atoms with E-state index in [0.717, 1.165) is 0 Å². The molecule has 0 unspecified atom stereocenters. The van der Waals surface area contributed by atoms with Crippen LogP contribution in [0.5, 0.6) is 0 Å². The minimum Gasteiger partial charge on any atom is -0.368 e. The van der Waals surface area contributed by atoms with Crippen LogP contribution in [0.2, 0.25) is 0 Å². The van der Waals surface area contributed by atoms with Crippen LogP contribution in [0.4, 0.5) is 11.6 Å². The average Bonchev–Trinajstić information content (AvgIpc) is 2.58. The summed E-state index contributed by atoms with van der Waals surface area (Å²) in [5, 5.41) is 14.5. The maximum Gasteiger partial charge on any atom is 0.269 e. The molecule has 2 rings (SSSR count). The standard InChI is InChI=1S/C9H9N5O2/c1-6-11-9(10)13(12-6)7-2-4-8(5-3-7)14(15)16/h2-5H,1H3,(H2,10,11,12). The molecule has 2 aromatic rings. The Hall–Kier alpha value is -2.44. The van der Waals surface area contributed by atoms with Crippen molar-refractivity contribution in [1.29, 1.82) is 0 Å². The van der Waals surface area contributed by atoms with E-state index in [2.05, 4.69) is 10.1 Å². The molecule has 0 aliphatic carbocycles. The number of hydrogen-bond acceptors (Lipinski definition) is 5. The Bertz CT molecular complexity index is 531.